The Morgan fingerprint density at radius 1 is 1.69 bits per heavy atom. The molecule has 0 amide bonds. The molecule has 0 aliphatic carbocycles. The molecule has 2 rings (SSSR count). The zero-order valence-electron chi connectivity index (χ0n) is 7.53. The van der Waals surface area contributed by atoms with E-state index in [1.807, 2.05) is 6.92 Å². The molecule has 0 N–H and O–H groups in total. The lowest BCUT2D eigenvalue weighted by Crippen LogP contribution is -2.30. The van der Waals surface area contributed by atoms with E-state index in [0.29, 0.717) is 11.9 Å². The van der Waals surface area contributed by atoms with Crippen LogP contribution in [0.2, 0.25) is 0 Å². The van der Waals surface area contributed by atoms with Crippen LogP contribution in [-0.2, 0) is 0 Å². The fourth-order valence-corrected chi connectivity index (χ4v) is 2.74. The largest absolute Gasteiger partial charge is 0.343 e. The molecule has 1 aliphatic heterocycles. The van der Waals surface area contributed by atoms with Gasteiger partial charge in [-0.2, -0.15) is 4.37 Å². The second-order valence-electron chi connectivity index (χ2n) is 3.27. The number of hydrogen-bond acceptors (Lipinski definition) is 4. The number of hydrogen-bond donors (Lipinski definition) is 0. The minimum atomic E-state index is 0.467. The van der Waals surface area contributed by atoms with E-state index in [9.17, 15) is 0 Å². The van der Waals surface area contributed by atoms with Crippen molar-refractivity contribution in [1.29, 1.82) is 0 Å². The molecule has 72 valence electrons. The van der Waals surface area contributed by atoms with Crippen LogP contribution in [0.4, 0.5) is 5.13 Å². The van der Waals surface area contributed by atoms with Crippen molar-refractivity contribution in [3.63, 3.8) is 0 Å². The summed E-state index contributed by atoms with van der Waals surface area (Å²) in [6.07, 6.45) is 2.40. The van der Waals surface area contributed by atoms with Gasteiger partial charge in [0.1, 0.15) is 5.82 Å². The van der Waals surface area contributed by atoms with Gasteiger partial charge < -0.3 is 4.90 Å². The van der Waals surface area contributed by atoms with E-state index in [1.54, 1.807) is 0 Å². The third-order valence-electron chi connectivity index (χ3n) is 2.32. The quantitative estimate of drug-likeness (QED) is 0.711. The molecule has 0 radical (unpaired) electrons. The van der Waals surface area contributed by atoms with Crippen LogP contribution >= 0.6 is 23.1 Å². The third-order valence-corrected chi connectivity index (χ3v) is 3.52. The second kappa shape index (κ2) is 3.80. The average molecular weight is 218 g/mol. The summed E-state index contributed by atoms with van der Waals surface area (Å²) in [5.41, 5.74) is 0. The molecule has 0 bridgehead atoms. The standard InChI is InChI=1S/C8H12ClN3S/c1-6-10-8(13-11-6)12-4-2-3-7(12)5-9/h7H,2-5H2,1H3. The van der Waals surface area contributed by atoms with E-state index in [2.05, 4.69) is 14.3 Å². The lowest BCUT2D eigenvalue weighted by Gasteiger charge is -2.20. The van der Waals surface area contributed by atoms with Gasteiger partial charge in [-0.05, 0) is 19.8 Å². The first kappa shape index (κ1) is 9.21. The number of anilines is 1. The van der Waals surface area contributed by atoms with Gasteiger partial charge in [0.15, 0.2) is 0 Å². The Kier molecular flexibility index (Phi) is 2.69. The Bertz CT molecular complexity index is 289. The molecule has 5 heteroatoms. The van der Waals surface area contributed by atoms with E-state index in [4.69, 9.17) is 11.6 Å². The lowest BCUT2D eigenvalue weighted by atomic mass is 10.2. The molecule has 1 aliphatic rings. The van der Waals surface area contributed by atoms with Gasteiger partial charge in [0.05, 0.1) is 0 Å². The molecule has 1 unspecified atom stereocenters. The van der Waals surface area contributed by atoms with Crippen LogP contribution < -0.4 is 4.90 Å². The van der Waals surface area contributed by atoms with Gasteiger partial charge in [0.25, 0.3) is 0 Å². The molecule has 1 aromatic rings. The molecular weight excluding hydrogens is 206 g/mol. The smallest absolute Gasteiger partial charge is 0.205 e. The molecule has 0 spiro atoms. The Labute approximate surface area is 86.9 Å². The van der Waals surface area contributed by atoms with Crippen molar-refractivity contribution in [2.45, 2.75) is 25.8 Å². The van der Waals surface area contributed by atoms with Crippen LogP contribution in [0.25, 0.3) is 0 Å². The maximum atomic E-state index is 5.87. The van der Waals surface area contributed by atoms with Crippen LogP contribution in [0.5, 0.6) is 0 Å². The molecule has 13 heavy (non-hydrogen) atoms. The normalized spacial score (nSPS) is 22.6. The summed E-state index contributed by atoms with van der Waals surface area (Å²) in [4.78, 5) is 6.64. The molecule has 1 fully saturated rings. The predicted octanol–water partition coefficient (Wildman–Crippen LogP) is 2.05. The Balaban J connectivity index is 2.15. The zero-order chi connectivity index (χ0) is 9.26. The van der Waals surface area contributed by atoms with Crippen LogP contribution in [0, 0.1) is 6.92 Å². The highest BCUT2D eigenvalue weighted by atomic mass is 35.5. The summed E-state index contributed by atoms with van der Waals surface area (Å²) in [6.45, 7) is 3.00. The first-order valence-corrected chi connectivity index (χ1v) is 5.75. The highest BCUT2D eigenvalue weighted by molar-refractivity contribution is 7.09. The highest BCUT2D eigenvalue weighted by Crippen LogP contribution is 2.27. The first-order chi connectivity index (χ1) is 6.31. The second-order valence-corrected chi connectivity index (χ2v) is 4.31. The van der Waals surface area contributed by atoms with E-state index < -0.39 is 0 Å². The zero-order valence-corrected chi connectivity index (χ0v) is 9.11. The highest BCUT2D eigenvalue weighted by Gasteiger charge is 2.25. The Morgan fingerprint density at radius 3 is 3.15 bits per heavy atom. The molecule has 2 heterocycles. The third kappa shape index (κ3) is 1.79. The summed E-state index contributed by atoms with van der Waals surface area (Å²) in [7, 11) is 0. The van der Waals surface area contributed by atoms with Crippen molar-refractivity contribution in [1.82, 2.24) is 9.36 Å². The number of halogens is 1. The minimum absolute atomic E-state index is 0.467. The van der Waals surface area contributed by atoms with Crippen molar-refractivity contribution in [2.75, 3.05) is 17.3 Å². The van der Waals surface area contributed by atoms with E-state index in [-0.39, 0.29) is 0 Å². The SMILES string of the molecule is Cc1nsc(N2CCCC2CCl)n1. The fraction of sp³-hybridized carbons (Fsp3) is 0.750. The topological polar surface area (TPSA) is 29.0 Å². The first-order valence-electron chi connectivity index (χ1n) is 4.44. The molecule has 3 nitrogen and oxygen atoms in total. The number of nitrogens with zero attached hydrogens (tertiary/aromatic N) is 3. The monoisotopic (exact) mass is 217 g/mol. The number of aromatic nitrogens is 2. The van der Waals surface area contributed by atoms with Crippen molar-refractivity contribution in [2.24, 2.45) is 0 Å². The summed E-state index contributed by atoms with van der Waals surface area (Å²) >= 11 is 7.35. The summed E-state index contributed by atoms with van der Waals surface area (Å²) in [5.74, 6) is 1.55. The van der Waals surface area contributed by atoms with Gasteiger partial charge in [0.2, 0.25) is 5.13 Å². The predicted molar refractivity (Wildman–Crippen MR) is 55.7 cm³/mol. The average Bonchev–Trinajstić information content (AvgIpc) is 2.71. The number of alkyl halides is 1. The van der Waals surface area contributed by atoms with Crippen molar-refractivity contribution in [3.8, 4) is 0 Å². The van der Waals surface area contributed by atoms with Crippen molar-refractivity contribution < 1.29 is 0 Å². The maximum absolute atomic E-state index is 5.87. The molecule has 1 saturated heterocycles. The molecule has 0 aromatic carbocycles. The van der Waals surface area contributed by atoms with Gasteiger partial charge in [-0.3, -0.25) is 0 Å². The summed E-state index contributed by atoms with van der Waals surface area (Å²) in [6, 6.07) is 0.467. The fourth-order valence-electron chi connectivity index (χ4n) is 1.65. The number of rotatable bonds is 2. The molecular formula is C8H12ClN3S. The maximum Gasteiger partial charge on any atom is 0.205 e. The summed E-state index contributed by atoms with van der Waals surface area (Å²) < 4.78 is 4.18. The Hall–Kier alpha value is -0.350. The van der Waals surface area contributed by atoms with Gasteiger partial charge >= 0.3 is 0 Å². The van der Waals surface area contributed by atoms with E-state index in [1.165, 1.54) is 24.4 Å². The van der Waals surface area contributed by atoms with Crippen LogP contribution in [0.15, 0.2) is 0 Å². The lowest BCUT2D eigenvalue weighted by molar-refractivity contribution is 0.739. The van der Waals surface area contributed by atoms with Crippen LogP contribution in [0.3, 0.4) is 0 Å². The van der Waals surface area contributed by atoms with Crippen LogP contribution in [0.1, 0.15) is 18.7 Å². The van der Waals surface area contributed by atoms with Gasteiger partial charge in [-0.15, -0.1) is 11.6 Å². The molecule has 1 atom stereocenters. The van der Waals surface area contributed by atoms with Gasteiger partial charge in [-0.25, -0.2) is 4.98 Å². The van der Waals surface area contributed by atoms with Gasteiger partial charge in [0, 0.05) is 30.0 Å². The van der Waals surface area contributed by atoms with Crippen molar-refractivity contribution in [3.05, 3.63) is 5.82 Å². The number of aryl methyl sites for hydroxylation is 1. The van der Waals surface area contributed by atoms with Crippen molar-refractivity contribution >= 4 is 28.3 Å². The molecule has 1 aromatic heterocycles. The minimum Gasteiger partial charge on any atom is -0.343 e. The molecule has 0 saturated carbocycles. The van der Waals surface area contributed by atoms with Gasteiger partial charge in [-0.1, -0.05) is 0 Å². The van der Waals surface area contributed by atoms with Crippen LogP contribution in [-0.4, -0.2) is 27.8 Å². The van der Waals surface area contributed by atoms with E-state index >= 15 is 0 Å². The summed E-state index contributed by atoms with van der Waals surface area (Å²) in [5, 5.41) is 1.03. The Morgan fingerprint density at radius 2 is 2.54 bits per heavy atom. The van der Waals surface area contributed by atoms with E-state index in [0.717, 1.165) is 17.5 Å².